The summed E-state index contributed by atoms with van der Waals surface area (Å²) in [5.74, 6) is 1.54. The van der Waals surface area contributed by atoms with E-state index in [-0.39, 0.29) is 0 Å². The van der Waals surface area contributed by atoms with Crippen molar-refractivity contribution in [3.63, 3.8) is 0 Å². The third-order valence-electron chi connectivity index (χ3n) is 4.11. The monoisotopic (exact) mass is 213 g/mol. The van der Waals surface area contributed by atoms with Gasteiger partial charge in [-0.15, -0.1) is 0 Å². The van der Waals surface area contributed by atoms with Crippen LogP contribution in [0.15, 0.2) is 0 Å². The molecule has 1 N–H and O–H groups in total. The van der Waals surface area contributed by atoms with Gasteiger partial charge >= 0.3 is 0 Å². The molecule has 0 saturated carbocycles. The van der Waals surface area contributed by atoms with Gasteiger partial charge in [-0.1, -0.05) is 48.0 Å². The summed E-state index contributed by atoms with van der Waals surface area (Å²) < 4.78 is 0. The highest BCUT2D eigenvalue weighted by Gasteiger charge is 2.32. The van der Waals surface area contributed by atoms with Gasteiger partial charge in [-0.2, -0.15) is 0 Å². The fourth-order valence-electron chi connectivity index (χ4n) is 2.37. The molecule has 0 aromatic rings. The van der Waals surface area contributed by atoms with E-state index in [1.165, 1.54) is 25.8 Å². The minimum Gasteiger partial charge on any atom is -0.316 e. The standard InChI is InChI=1S/C14H31N/c1-7-9-14(6,12(3)4)13(5)11-15-10-8-2/h12-13,15H,7-11H2,1-6H3/t13-,14?/m0/s1. The van der Waals surface area contributed by atoms with Crippen LogP contribution in [0.2, 0.25) is 0 Å². The largest absolute Gasteiger partial charge is 0.316 e. The summed E-state index contributed by atoms with van der Waals surface area (Å²) in [4.78, 5) is 0. The third kappa shape index (κ3) is 4.55. The van der Waals surface area contributed by atoms with E-state index < -0.39 is 0 Å². The molecule has 15 heavy (non-hydrogen) atoms. The zero-order valence-electron chi connectivity index (χ0n) is 11.7. The third-order valence-corrected chi connectivity index (χ3v) is 4.11. The van der Waals surface area contributed by atoms with E-state index in [1.807, 2.05) is 0 Å². The van der Waals surface area contributed by atoms with E-state index in [0.717, 1.165) is 18.4 Å². The molecule has 0 aliphatic rings. The second-order valence-electron chi connectivity index (χ2n) is 5.52. The van der Waals surface area contributed by atoms with Crippen molar-refractivity contribution in [2.24, 2.45) is 17.3 Å². The number of nitrogens with one attached hydrogen (secondary N) is 1. The van der Waals surface area contributed by atoms with Crippen LogP contribution in [-0.2, 0) is 0 Å². The van der Waals surface area contributed by atoms with E-state index >= 15 is 0 Å². The highest BCUT2D eigenvalue weighted by atomic mass is 14.9. The average Bonchev–Trinajstić information content (AvgIpc) is 2.18. The maximum absolute atomic E-state index is 3.55. The Hall–Kier alpha value is -0.0400. The number of rotatable bonds is 8. The zero-order chi connectivity index (χ0) is 11.9. The minimum atomic E-state index is 0.496. The van der Waals surface area contributed by atoms with Gasteiger partial charge in [0.2, 0.25) is 0 Å². The van der Waals surface area contributed by atoms with Gasteiger partial charge in [-0.3, -0.25) is 0 Å². The average molecular weight is 213 g/mol. The molecule has 0 fully saturated rings. The van der Waals surface area contributed by atoms with E-state index in [0.29, 0.717) is 5.41 Å². The Bertz CT molecular complexity index is 153. The second-order valence-corrected chi connectivity index (χ2v) is 5.52. The van der Waals surface area contributed by atoms with Crippen molar-refractivity contribution >= 4 is 0 Å². The van der Waals surface area contributed by atoms with Crippen molar-refractivity contribution in [3.8, 4) is 0 Å². The van der Waals surface area contributed by atoms with Crippen LogP contribution in [-0.4, -0.2) is 13.1 Å². The lowest BCUT2D eigenvalue weighted by Crippen LogP contribution is -2.37. The summed E-state index contributed by atoms with van der Waals surface area (Å²) in [6, 6.07) is 0. The van der Waals surface area contributed by atoms with Crippen molar-refractivity contribution in [1.29, 1.82) is 0 Å². The molecule has 0 aliphatic heterocycles. The van der Waals surface area contributed by atoms with Crippen molar-refractivity contribution in [1.82, 2.24) is 5.32 Å². The van der Waals surface area contributed by atoms with Gasteiger partial charge in [0.1, 0.15) is 0 Å². The molecular formula is C14H31N. The predicted octanol–water partition coefficient (Wildman–Crippen LogP) is 4.08. The van der Waals surface area contributed by atoms with Gasteiger partial charge in [-0.25, -0.2) is 0 Å². The normalized spacial score (nSPS) is 17.8. The Morgan fingerprint density at radius 3 is 2.07 bits per heavy atom. The van der Waals surface area contributed by atoms with E-state index in [1.54, 1.807) is 0 Å². The first-order valence-corrected chi connectivity index (χ1v) is 6.69. The van der Waals surface area contributed by atoms with Crippen LogP contribution in [0.25, 0.3) is 0 Å². The molecule has 1 unspecified atom stereocenters. The molecule has 0 saturated heterocycles. The first-order chi connectivity index (χ1) is 6.99. The summed E-state index contributed by atoms with van der Waals surface area (Å²) in [7, 11) is 0. The molecule has 92 valence electrons. The highest BCUT2D eigenvalue weighted by molar-refractivity contribution is 4.83. The zero-order valence-corrected chi connectivity index (χ0v) is 11.7. The predicted molar refractivity (Wildman–Crippen MR) is 70.2 cm³/mol. The van der Waals surface area contributed by atoms with Crippen LogP contribution in [0, 0.1) is 17.3 Å². The number of hydrogen-bond donors (Lipinski definition) is 1. The lowest BCUT2D eigenvalue weighted by Gasteiger charge is -2.40. The topological polar surface area (TPSA) is 12.0 Å². The molecule has 0 spiro atoms. The highest BCUT2D eigenvalue weighted by Crippen LogP contribution is 2.39. The molecule has 2 atom stereocenters. The van der Waals surface area contributed by atoms with Crippen molar-refractivity contribution in [3.05, 3.63) is 0 Å². The van der Waals surface area contributed by atoms with E-state index in [4.69, 9.17) is 0 Å². The second kappa shape index (κ2) is 7.27. The van der Waals surface area contributed by atoms with Gasteiger partial charge in [0.25, 0.3) is 0 Å². The van der Waals surface area contributed by atoms with E-state index in [2.05, 4.69) is 46.9 Å². The molecule has 0 aromatic carbocycles. The fraction of sp³-hybridized carbons (Fsp3) is 1.00. The molecule has 0 radical (unpaired) electrons. The maximum atomic E-state index is 3.55. The summed E-state index contributed by atoms with van der Waals surface area (Å²) in [6.07, 6.45) is 3.88. The van der Waals surface area contributed by atoms with Gasteiger partial charge in [0.15, 0.2) is 0 Å². The summed E-state index contributed by atoms with van der Waals surface area (Å²) in [5, 5.41) is 3.55. The molecule has 0 aliphatic carbocycles. The molecule has 0 heterocycles. The van der Waals surface area contributed by atoms with Crippen LogP contribution in [0.1, 0.15) is 60.8 Å². The van der Waals surface area contributed by atoms with Crippen molar-refractivity contribution in [2.45, 2.75) is 60.8 Å². The van der Waals surface area contributed by atoms with Gasteiger partial charge in [0, 0.05) is 0 Å². The van der Waals surface area contributed by atoms with Crippen LogP contribution in [0.4, 0.5) is 0 Å². The Balaban J connectivity index is 4.22. The molecular weight excluding hydrogens is 182 g/mol. The number of hydrogen-bond acceptors (Lipinski definition) is 1. The van der Waals surface area contributed by atoms with Gasteiger partial charge in [-0.05, 0) is 43.2 Å². The van der Waals surface area contributed by atoms with Crippen molar-refractivity contribution in [2.75, 3.05) is 13.1 Å². The summed E-state index contributed by atoms with van der Waals surface area (Å²) in [6.45, 7) is 16.4. The smallest absolute Gasteiger partial charge is 0.00179 e. The fourth-order valence-corrected chi connectivity index (χ4v) is 2.37. The minimum absolute atomic E-state index is 0.496. The molecule has 0 bridgehead atoms. The Morgan fingerprint density at radius 2 is 1.67 bits per heavy atom. The Kier molecular flexibility index (Phi) is 7.25. The Labute approximate surface area is 97.0 Å². The molecule has 1 heteroatoms. The van der Waals surface area contributed by atoms with Crippen LogP contribution < -0.4 is 5.32 Å². The molecule has 1 nitrogen and oxygen atoms in total. The van der Waals surface area contributed by atoms with Gasteiger partial charge in [0.05, 0.1) is 0 Å². The molecule has 0 rings (SSSR count). The van der Waals surface area contributed by atoms with Gasteiger partial charge < -0.3 is 5.32 Å². The summed E-state index contributed by atoms with van der Waals surface area (Å²) in [5.41, 5.74) is 0.496. The lowest BCUT2D eigenvalue weighted by atomic mass is 9.67. The first-order valence-electron chi connectivity index (χ1n) is 6.69. The van der Waals surface area contributed by atoms with Crippen molar-refractivity contribution < 1.29 is 0 Å². The Morgan fingerprint density at radius 1 is 1.07 bits per heavy atom. The van der Waals surface area contributed by atoms with Crippen LogP contribution in [0.5, 0.6) is 0 Å². The maximum Gasteiger partial charge on any atom is -0.00179 e. The molecule has 0 amide bonds. The van der Waals surface area contributed by atoms with Crippen LogP contribution >= 0.6 is 0 Å². The first kappa shape index (κ1) is 15.0. The van der Waals surface area contributed by atoms with E-state index in [9.17, 15) is 0 Å². The quantitative estimate of drug-likeness (QED) is 0.599. The van der Waals surface area contributed by atoms with Crippen LogP contribution in [0.3, 0.4) is 0 Å². The molecule has 0 aromatic heterocycles. The lowest BCUT2D eigenvalue weighted by molar-refractivity contribution is 0.109. The summed E-state index contributed by atoms with van der Waals surface area (Å²) >= 11 is 0. The SMILES string of the molecule is CCCNC[C@H](C)C(C)(CCC)C(C)C.